The molecular formula is C10H14N2O4. The number of hydrogen-bond acceptors (Lipinski definition) is 3. The normalized spacial score (nSPS) is 10.7. The standard InChI is InChI=1S/C10H14N2O4/c1-5(2)8-6(3-4-7(13)14)9(15)12-10(16)11-8/h5H,3-4H2,1-2H3,(H,13,14)(H2,11,12,15,16). The number of nitrogens with one attached hydrogen (secondary N) is 2. The zero-order chi connectivity index (χ0) is 12.3. The number of aliphatic carboxylic acids is 1. The minimum atomic E-state index is -0.972. The van der Waals surface area contributed by atoms with Gasteiger partial charge in [-0.1, -0.05) is 13.8 Å². The number of hydrogen-bond donors (Lipinski definition) is 3. The number of rotatable bonds is 4. The summed E-state index contributed by atoms with van der Waals surface area (Å²) in [5, 5.41) is 8.57. The summed E-state index contributed by atoms with van der Waals surface area (Å²) in [5.74, 6) is -1.00. The lowest BCUT2D eigenvalue weighted by Gasteiger charge is -2.09. The first-order chi connectivity index (χ1) is 7.41. The van der Waals surface area contributed by atoms with Crippen LogP contribution >= 0.6 is 0 Å². The zero-order valence-corrected chi connectivity index (χ0v) is 9.16. The van der Waals surface area contributed by atoms with Gasteiger partial charge in [0, 0.05) is 17.7 Å². The van der Waals surface area contributed by atoms with Crippen molar-refractivity contribution in [1.29, 1.82) is 0 Å². The first-order valence-corrected chi connectivity index (χ1v) is 4.99. The zero-order valence-electron chi connectivity index (χ0n) is 9.16. The van der Waals surface area contributed by atoms with Crippen molar-refractivity contribution >= 4 is 5.97 Å². The van der Waals surface area contributed by atoms with E-state index in [2.05, 4.69) is 9.97 Å². The average molecular weight is 226 g/mol. The lowest BCUT2D eigenvalue weighted by Crippen LogP contribution is -2.29. The molecule has 1 aromatic rings. The van der Waals surface area contributed by atoms with E-state index in [1.807, 2.05) is 13.8 Å². The summed E-state index contributed by atoms with van der Waals surface area (Å²) in [5.41, 5.74) is -0.214. The Morgan fingerprint density at radius 1 is 1.31 bits per heavy atom. The van der Waals surface area contributed by atoms with Gasteiger partial charge >= 0.3 is 11.7 Å². The number of aromatic nitrogens is 2. The Hall–Kier alpha value is -1.85. The third-order valence-corrected chi connectivity index (χ3v) is 2.24. The Morgan fingerprint density at radius 2 is 1.94 bits per heavy atom. The predicted octanol–water partition coefficient (Wildman–Crippen LogP) is 0.204. The molecule has 0 aromatic carbocycles. The van der Waals surface area contributed by atoms with E-state index < -0.39 is 17.2 Å². The molecule has 0 saturated heterocycles. The van der Waals surface area contributed by atoms with Gasteiger partial charge in [0.25, 0.3) is 5.56 Å². The maximum atomic E-state index is 11.5. The molecule has 0 saturated carbocycles. The molecule has 0 aliphatic heterocycles. The van der Waals surface area contributed by atoms with E-state index in [-0.39, 0.29) is 18.8 Å². The van der Waals surface area contributed by atoms with Crippen molar-refractivity contribution in [2.75, 3.05) is 0 Å². The van der Waals surface area contributed by atoms with Crippen LogP contribution in [-0.2, 0) is 11.2 Å². The fourth-order valence-electron chi connectivity index (χ4n) is 1.50. The Kier molecular flexibility index (Phi) is 3.65. The molecule has 16 heavy (non-hydrogen) atoms. The van der Waals surface area contributed by atoms with Crippen molar-refractivity contribution in [2.45, 2.75) is 32.6 Å². The smallest absolute Gasteiger partial charge is 0.325 e. The summed E-state index contributed by atoms with van der Waals surface area (Å²) in [6.07, 6.45) is -0.0101. The topological polar surface area (TPSA) is 103 Å². The van der Waals surface area contributed by atoms with Crippen LogP contribution in [-0.4, -0.2) is 21.0 Å². The van der Waals surface area contributed by atoms with E-state index in [0.717, 1.165) is 0 Å². The highest BCUT2D eigenvalue weighted by molar-refractivity contribution is 5.67. The van der Waals surface area contributed by atoms with Crippen LogP contribution in [0.25, 0.3) is 0 Å². The fourth-order valence-corrected chi connectivity index (χ4v) is 1.50. The summed E-state index contributed by atoms with van der Waals surface area (Å²) >= 11 is 0. The number of aromatic amines is 2. The fraction of sp³-hybridized carbons (Fsp3) is 0.500. The molecule has 1 heterocycles. The quantitative estimate of drug-likeness (QED) is 0.682. The average Bonchev–Trinajstić information content (AvgIpc) is 2.14. The molecule has 0 atom stereocenters. The number of carbonyl (C=O) groups is 1. The summed E-state index contributed by atoms with van der Waals surface area (Å²) in [7, 11) is 0. The van der Waals surface area contributed by atoms with E-state index in [1.165, 1.54) is 0 Å². The van der Waals surface area contributed by atoms with Crippen LogP contribution in [0.4, 0.5) is 0 Å². The van der Waals surface area contributed by atoms with Crippen molar-refractivity contribution < 1.29 is 9.90 Å². The molecule has 0 unspecified atom stereocenters. The van der Waals surface area contributed by atoms with Crippen molar-refractivity contribution in [2.24, 2.45) is 0 Å². The summed E-state index contributed by atoms with van der Waals surface area (Å²) in [4.78, 5) is 37.7. The van der Waals surface area contributed by atoms with Crippen molar-refractivity contribution in [3.8, 4) is 0 Å². The van der Waals surface area contributed by atoms with E-state index >= 15 is 0 Å². The molecular weight excluding hydrogens is 212 g/mol. The maximum Gasteiger partial charge on any atom is 0.325 e. The highest BCUT2D eigenvalue weighted by Crippen LogP contribution is 2.13. The third-order valence-electron chi connectivity index (χ3n) is 2.24. The van der Waals surface area contributed by atoms with Gasteiger partial charge < -0.3 is 10.1 Å². The highest BCUT2D eigenvalue weighted by atomic mass is 16.4. The van der Waals surface area contributed by atoms with E-state index in [1.54, 1.807) is 0 Å². The second-order valence-electron chi connectivity index (χ2n) is 3.85. The first kappa shape index (κ1) is 12.2. The Morgan fingerprint density at radius 3 is 2.44 bits per heavy atom. The van der Waals surface area contributed by atoms with E-state index in [0.29, 0.717) is 11.3 Å². The van der Waals surface area contributed by atoms with Gasteiger partial charge in [-0.05, 0) is 12.3 Å². The number of carboxylic acids is 1. The molecule has 0 aliphatic carbocycles. The predicted molar refractivity (Wildman–Crippen MR) is 57.7 cm³/mol. The lowest BCUT2D eigenvalue weighted by atomic mass is 10.0. The molecule has 88 valence electrons. The van der Waals surface area contributed by atoms with Crippen LogP contribution in [0, 0.1) is 0 Å². The van der Waals surface area contributed by atoms with Crippen LogP contribution in [0.1, 0.15) is 37.4 Å². The number of carboxylic acid groups (broad SMARTS) is 1. The molecule has 0 amide bonds. The molecule has 1 rings (SSSR count). The number of H-pyrrole nitrogens is 2. The molecule has 0 fully saturated rings. The summed E-state index contributed by atoms with van der Waals surface area (Å²) in [6.45, 7) is 3.66. The van der Waals surface area contributed by atoms with Gasteiger partial charge in [-0.25, -0.2) is 4.79 Å². The minimum Gasteiger partial charge on any atom is -0.481 e. The largest absolute Gasteiger partial charge is 0.481 e. The first-order valence-electron chi connectivity index (χ1n) is 4.99. The Balaban J connectivity index is 3.19. The van der Waals surface area contributed by atoms with Gasteiger partial charge in [-0.15, -0.1) is 0 Å². The van der Waals surface area contributed by atoms with E-state index in [4.69, 9.17) is 5.11 Å². The van der Waals surface area contributed by atoms with E-state index in [9.17, 15) is 14.4 Å². The van der Waals surface area contributed by atoms with Crippen molar-refractivity contribution in [3.05, 3.63) is 32.1 Å². The van der Waals surface area contributed by atoms with Crippen molar-refractivity contribution in [3.63, 3.8) is 0 Å². The van der Waals surface area contributed by atoms with Crippen LogP contribution in [0.3, 0.4) is 0 Å². The van der Waals surface area contributed by atoms with Gasteiger partial charge in [0.05, 0.1) is 0 Å². The van der Waals surface area contributed by atoms with Crippen LogP contribution in [0.15, 0.2) is 9.59 Å². The highest BCUT2D eigenvalue weighted by Gasteiger charge is 2.13. The Bertz CT molecular complexity index is 498. The Labute approximate surface area is 91.3 Å². The molecule has 0 radical (unpaired) electrons. The van der Waals surface area contributed by atoms with Gasteiger partial charge in [-0.2, -0.15) is 0 Å². The second kappa shape index (κ2) is 4.78. The van der Waals surface area contributed by atoms with Crippen molar-refractivity contribution in [1.82, 2.24) is 9.97 Å². The summed E-state index contributed by atoms with van der Waals surface area (Å²) < 4.78 is 0. The maximum absolute atomic E-state index is 11.5. The second-order valence-corrected chi connectivity index (χ2v) is 3.85. The van der Waals surface area contributed by atoms with Gasteiger partial charge in [0.15, 0.2) is 0 Å². The minimum absolute atomic E-state index is 0.0289. The molecule has 0 spiro atoms. The summed E-state index contributed by atoms with van der Waals surface area (Å²) in [6, 6.07) is 0. The molecule has 6 heteroatoms. The van der Waals surface area contributed by atoms with Crippen LogP contribution in [0.2, 0.25) is 0 Å². The van der Waals surface area contributed by atoms with Gasteiger partial charge in [0.2, 0.25) is 0 Å². The molecule has 0 bridgehead atoms. The molecule has 0 aliphatic rings. The lowest BCUT2D eigenvalue weighted by molar-refractivity contribution is -0.136. The molecule has 1 aromatic heterocycles. The monoisotopic (exact) mass is 226 g/mol. The van der Waals surface area contributed by atoms with Crippen LogP contribution in [0.5, 0.6) is 0 Å². The third kappa shape index (κ3) is 2.82. The van der Waals surface area contributed by atoms with Gasteiger partial charge in [0.1, 0.15) is 0 Å². The molecule has 3 N–H and O–H groups in total. The van der Waals surface area contributed by atoms with Crippen LogP contribution < -0.4 is 11.2 Å². The van der Waals surface area contributed by atoms with Gasteiger partial charge in [-0.3, -0.25) is 14.6 Å². The molecule has 6 nitrogen and oxygen atoms in total. The SMILES string of the molecule is CC(C)c1[nH]c(=O)[nH]c(=O)c1CCC(=O)O.